The molecule has 4 aromatic rings. The maximum Gasteiger partial charge on any atom is 0.173 e. The summed E-state index contributed by atoms with van der Waals surface area (Å²) in [5.41, 5.74) is 6.11. The molecular formula is C29H34N6O2. The van der Waals surface area contributed by atoms with Gasteiger partial charge in [0.25, 0.3) is 0 Å². The van der Waals surface area contributed by atoms with Gasteiger partial charge in [-0.1, -0.05) is 42.5 Å². The van der Waals surface area contributed by atoms with E-state index < -0.39 is 0 Å². The van der Waals surface area contributed by atoms with Crippen LogP contribution >= 0.6 is 0 Å². The second-order valence-electron chi connectivity index (χ2n) is 9.43. The molecule has 1 fully saturated rings. The molecule has 0 aliphatic carbocycles. The first-order valence-corrected chi connectivity index (χ1v) is 12.7. The van der Waals surface area contributed by atoms with E-state index in [1.165, 1.54) is 16.8 Å². The molecule has 8 heteroatoms. The van der Waals surface area contributed by atoms with E-state index in [1.54, 1.807) is 14.2 Å². The molecule has 0 radical (unpaired) electrons. The fraction of sp³-hybridized carbons (Fsp3) is 0.345. The number of anilines is 1. The summed E-state index contributed by atoms with van der Waals surface area (Å²) in [6.07, 6.45) is 0. The average Bonchev–Trinajstić information content (AvgIpc) is 3.38. The van der Waals surface area contributed by atoms with E-state index in [-0.39, 0.29) is 6.04 Å². The van der Waals surface area contributed by atoms with E-state index >= 15 is 0 Å². The quantitative estimate of drug-likeness (QED) is 0.359. The van der Waals surface area contributed by atoms with Crippen molar-refractivity contribution in [3.05, 3.63) is 94.8 Å². The van der Waals surface area contributed by atoms with Crippen molar-refractivity contribution in [2.24, 2.45) is 0 Å². The van der Waals surface area contributed by atoms with Crippen LogP contribution in [0.5, 0.6) is 11.5 Å². The van der Waals surface area contributed by atoms with Gasteiger partial charge >= 0.3 is 0 Å². The highest BCUT2D eigenvalue weighted by Gasteiger charge is 2.33. The molecule has 3 aromatic carbocycles. The summed E-state index contributed by atoms with van der Waals surface area (Å²) in [7, 11) is 3.39. The number of hydrogen-bond acceptors (Lipinski definition) is 7. The van der Waals surface area contributed by atoms with E-state index in [0.29, 0.717) is 6.54 Å². The zero-order valence-electron chi connectivity index (χ0n) is 22.0. The molecule has 1 aromatic heterocycles. The molecule has 0 N–H and O–H groups in total. The monoisotopic (exact) mass is 498 g/mol. The molecule has 0 spiro atoms. The van der Waals surface area contributed by atoms with Crippen LogP contribution in [0.25, 0.3) is 0 Å². The van der Waals surface area contributed by atoms with Crippen molar-refractivity contribution in [1.82, 2.24) is 25.1 Å². The second-order valence-corrected chi connectivity index (χ2v) is 9.43. The molecule has 1 aliphatic heterocycles. The van der Waals surface area contributed by atoms with Crippen LogP contribution in [0.3, 0.4) is 0 Å². The predicted octanol–water partition coefficient (Wildman–Crippen LogP) is 4.27. The molecule has 1 unspecified atom stereocenters. The number of aryl methyl sites for hydroxylation is 1. The second kappa shape index (κ2) is 11.0. The van der Waals surface area contributed by atoms with Crippen molar-refractivity contribution in [2.75, 3.05) is 45.3 Å². The normalized spacial score (nSPS) is 15.0. The Balaban J connectivity index is 1.50. The largest absolute Gasteiger partial charge is 0.497 e. The van der Waals surface area contributed by atoms with Crippen molar-refractivity contribution >= 4 is 5.69 Å². The lowest BCUT2D eigenvalue weighted by Crippen LogP contribution is -2.48. The third-order valence-corrected chi connectivity index (χ3v) is 7.31. The summed E-state index contributed by atoms with van der Waals surface area (Å²) in [6.45, 7) is 8.51. The number of hydrogen-bond donors (Lipinski definition) is 0. The first-order valence-electron chi connectivity index (χ1n) is 12.7. The summed E-state index contributed by atoms with van der Waals surface area (Å²) < 4.78 is 13.3. The Kier molecular flexibility index (Phi) is 7.37. The SMILES string of the molecule is COc1ccc(OC)c(C(c2nnnn2Cc2ccccc2)N2CCN(c3cccc(C)c3C)CC2)c1. The number of ether oxygens (including phenoxy) is 2. The number of piperazine rings is 1. The standard InChI is InChI=1S/C29H34N6O2/c1-21-9-8-12-26(22(21)2)33-15-17-34(18-16-33)28(25-19-24(36-3)13-14-27(25)37-4)29-30-31-32-35(29)20-23-10-6-5-7-11-23/h5-14,19,28H,15-18,20H2,1-4H3. The molecule has 5 rings (SSSR count). The van der Waals surface area contributed by atoms with Crippen LogP contribution in [0.15, 0.2) is 66.7 Å². The fourth-order valence-electron chi connectivity index (χ4n) is 5.13. The predicted molar refractivity (Wildman–Crippen MR) is 144 cm³/mol. The van der Waals surface area contributed by atoms with Gasteiger partial charge in [0.05, 0.1) is 20.8 Å². The number of benzene rings is 3. The van der Waals surface area contributed by atoms with Gasteiger partial charge in [-0.25, -0.2) is 4.68 Å². The van der Waals surface area contributed by atoms with E-state index in [0.717, 1.165) is 54.6 Å². The Labute approximate surface area is 218 Å². The molecule has 8 nitrogen and oxygen atoms in total. The van der Waals surface area contributed by atoms with Crippen LogP contribution in [-0.2, 0) is 6.54 Å². The number of rotatable bonds is 8. The van der Waals surface area contributed by atoms with Crippen molar-refractivity contribution in [3.63, 3.8) is 0 Å². The fourth-order valence-corrected chi connectivity index (χ4v) is 5.13. The van der Waals surface area contributed by atoms with Gasteiger partial charge in [-0.3, -0.25) is 4.90 Å². The lowest BCUT2D eigenvalue weighted by molar-refractivity contribution is 0.197. The molecule has 37 heavy (non-hydrogen) atoms. The highest BCUT2D eigenvalue weighted by atomic mass is 16.5. The summed E-state index contributed by atoms with van der Waals surface area (Å²) in [5, 5.41) is 13.0. The minimum absolute atomic E-state index is 0.190. The number of methoxy groups -OCH3 is 2. The number of aromatic nitrogens is 4. The Morgan fingerprint density at radius 3 is 2.38 bits per heavy atom. The van der Waals surface area contributed by atoms with Crippen molar-refractivity contribution in [2.45, 2.75) is 26.4 Å². The van der Waals surface area contributed by atoms with E-state index in [2.05, 4.69) is 69.5 Å². The van der Waals surface area contributed by atoms with E-state index in [1.807, 2.05) is 41.1 Å². The van der Waals surface area contributed by atoms with Gasteiger partial charge in [0.15, 0.2) is 5.82 Å². The number of tetrazole rings is 1. The Bertz CT molecular complexity index is 1330. The van der Waals surface area contributed by atoms with Crippen molar-refractivity contribution in [1.29, 1.82) is 0 Å². The van der Waals surface area contributed by atoms with Crippen LogP contribution in [0.4, 0.5) is 5.69 Å². The summed E-state index contributed by atoms with van der Waals surface area (Å²) in [6, 6.07) is 22.5. The third-order valence-electron chi connectivity index (χ3n) is 7.31. The maximum atomic E-state index is 5.82. The van der Waals surface area contributed by atoms with E-state index in [9.17, 15) is 0 Å². The molecule has 1 saturated heterocycles. The van der Waals surface area contributed by atoms with Gasteiger partial charge in [0, 0.05) is 37.4 Å². The van der Waals surface area contributed by atoms with Crippen LogP contribution in [-0.4, -0.2) is 65.5 Å². The van der Waals surface area contributed by atoms with Crippen LogP contribution in [0, 0.1) is 13.8 Å². The Hall–Kier alpha value is -3.91. The molecule has 2 heterocycles. The van der Waals surface area contributed by atoms with Gasteiger partial charge in [0.2, 0.25) is 0 Å². The first kappa shape index (κ1) is 24.8. The molecule has 0 saturated carbocycles. The van der Waals surface area contributed by atoms with Crippen LogP contribution in [0.2, 0.25) is 0 Å². The highest BCUT2D eigenvalue weighted by Crippen LogP contribution is 2.37. The van der Waals surface area contributed by atoms with Gasteiger partial charge in [-0.2, -0.15) is 0 Å². The van der Waals surface area contributed by atoms with Gasteiger partial charge in [-0.15, -0.1) is 5.10 Å². The van der Waals surface area contributed by atoms with Gasteiger partial charge in [0.1, 0.15) is 17.5 Å². The Morgan fingerprint density at radius 2 is 1.65 bits per heavy atom. The molecule has 1 atom stereocenters. The minimum Gasteiger partial charge on any atom is -0.497 e. The number of nitrogens with zero attached hydrogens (tertiary/aromatic N) is 6. The zero-order chi connectivity index (χ0) is 25.8. The van der Waals surface area contributed by atoms with E-state index in [4.69, 9.17) is 9.47 Å². The van der Waals surface area contributed by atoms with Crippen molar-refractivity contribution < 1.29 is 9.47 Å². The first-order chi connectivity index (χ1) is 18.1. The third kappa shape index (κ3) is 5.15. The topological polar surface area (TPSA) is 68.5 Å². The Morgan fingerprint density at radius 1 is 0.865 bits per heavy atom. The summed E-state index contributed by atoms with van der Waals surface area (Å²) in [4.78, 5) is 4.93. The highest BCUT2D eigenvalue weighted by molar-refractivity contribution is 5.56. The van der Waals surface area contributed by atoms with Crippen LogP contribution < -0.4 is 14.4 Å². The molecule has 0 bridgehead atoms. The molecule has 0 amide bonds. The lowest BCUT2D eigenvalue weighted by atomic mass is 10.0. The van der Waals surface area contributed by atoms with Crippen molar-refractivity contribution in [3.8, 4) is 11.5 Å². The smallest absolute Gasteiger partial charge is 0.173 e. The molecule has 1 aliphatic rings. The van der Waals surface area contributed by atoms with Crippen LogP contribution in [0.1, 0.15) is 34.1 Å². The zero-order valence-corrected chi connectivity index (χ0v) is 22.0. The lowest BCUT2D eigenvalue weighted by Gasteiger charge is -2.40. The molecular weight excluding hydrogens is 464 g/mol. The summed E-state index contributed by atoms with van der Waals surface area (Å²) in [5.74, 6) is 2.35. The maximum absolute atomic E-state index is 5.82. The molecule has 192 valence electrons. The van der Waals surface area contributed by atoms with Gasteiger partial charge < -0.3 is 14.4 Å². The average molecular weight is 499 g/mol. The summed E-state index contributed by atoms with van der Waals surface area (Å²) >= 11 is 0. The van der Waals surface area contributed by atoms with Gasteiger partial charge in [-0.05, 0) is 65.2 Å². The minimum atomic E-state index is -0.190.